The van der Waals surface area contributed by atoms with Gasteiger partial charge in [0.25, 0.3) is 0 Å². The summed E-state index contributed by atoms with van der Waals surface area (Å²) in [7, 11) is 0. The Bertz CT molecular complexity index is 128. The maximum Gasteiger partial charge on any atom is 0.232 e. The number of hydrogen-bond acceptors (Lipinski definition) is 3. The fourth-order valence-electron chi connectivity index (χ4n) is 0.784. The molecule has 0 spiro atoms. The highest BCUT2D eigenvalue weighted by Crippen LogP contribution is 2.13. The fraction of sp³-hybridized carbons (Fsp3) is 0.800. The third kappa shape index (κ3) is 1.79. The molecule has 0 aromatic rings. The number of thiol groups is 2. The van der Waals surface area contributed by atoms with Crippen LogP contribution in [0.5, 0.6) is 0 Å². The van der Waals surface area contributed by atoms with Gasteiger partial charge in [0.15, 0.2) is 0 Å². The van der Waals surface area contributed by atoms with E-state index in [2.05, 4.69) is 30.6 Å². The van der Waals surface area contributed by atoms with Crippen molar-refractivity contribution in [3.05, 3.63) is 0 Å². The maximum absolute atomic E-state index is 10.7. The van der Waals surface area contributed by atoms with Crippen molar-refractivity contribution in [2.45, 2.75) is 16.9 Å². The lowest BCUT2D eigenvalue weighted by molar-refractivity contribution is -0.121. The van der Waals surface area contributed by atoms with Crippen molar-refractivity contribution in [1.29, 1.82) is 0 Å². The zero-order valence-electron chi connectivity index (χ0n) is 4.87. The van der Waals surface area contributed by atoms with Crippen LogP contribution in [0.3, 0.4) is 0 Å². The van der Waals surface area contributed by atoms with Gasteiger partial charge in [0.2, 0.25) is 5.91 Å². The summed E-state index contributed by atoms with van der Waals surface area (Å²) in [4.78, 5) is 10.7. The summed E-state index contributed by atoms with van der Waals surface area (Å²) >= 11 is 8.25. The van der Waals surface area contributed by atoms with E-state index in [1.165, 1.54) is 0 Å². The second-order valence-corrected chi connectivity index (χ2v) is 3.50. The Balaban J connectivity index is 2.44. The molecule has 0 bridgehead atoms. The van der Waals surface area contributed by atoms with Crippen LogP contribution >= 0.6 is 25.3 Å². The molecule has 1 aliphatic rings. The summed E-state index contributed by atoms with van der Waals surface area (Å²) in [5.41, 5.74) is 0. The maximum atomic E-state index is 10.7. The van der Waals surface area contributed by atoms with Gasteiger partial charge in [-0.1, -0.05) is 0 Å². The van der Waals surface area contributed by atoms with Crippen molar-refractivity contribution in [2.24, 2.45) is 0 Å². The lowest BCUT2D eigenvalue weighted by atomic mass is 10.1. The molecule has 1 amide bonds. The molecule has 1 heterocycles. The van der Waals surface area contributed by atoms with Gasteiger partial charge in [-0.25, -0.2) is 0 Å². The van der Waals surface area contributed by atoms with Crippen LogP contribution in [0.15, 0.2) is 0 Å². The molecule has 9 heavy (non-hydrogen) atoms. The molecular formula is C5H9NOS2. The molecule has 1 fully saturated rings. The van der Waals surface area contributed by atoms with Gasteiger partial charge in [-0.3, -0.25) is 4.79 Å². The van der Waals surface area contributed by atoms with Crippen molar-refractivity contribution >= 4 is 31.2 Å². The number of rotatable bonds is 0. The van der Waals surface area contributed by atoms with E-state index in [4.69, 9.17) is 0 Å². The zero-order valence-corrected chi connectivity index (χ0v) is 6.66. The normalized spacial score (nSPS) is 36.0. The summed E-state index contributed by atoms with van der Waals surface area (Å²) < 4.78 is 0. The minimum Gasteiger partial charge on any atom is -0.354 e. The Morgan fingerprint density at radius 1 is 1.56 bits per heavy atom. The molecule has 2 unspecified atom stereocenters. The summed E-state index contributed by atoms with van der Waals surface area (Å²) in [5.74, 6) is 0.0311. The highest BCUT2D eigenvalue weighted by atomic mass is 32.1. The average Bonchev–Trinajstić information content (AvgIpc) is 1.80. The monoisotopic (exact) mass is 163 g/mol. The highest BCUT2D eigenvalue weighted by molar-refractivity contribution is 7.82. The smallest absolute Gasteiger partial charge is 0.232 e. The van der Waals surface area contributed by atoms with Gasteiger partial charge >= 0.3 is 0 Å². The fourth-order valence-corrected chi connectivity index (χ4v) is 1.60. The van der Waals surface area contributed by atoms with Gasteiger partial charge in [0.1, 0.15) is 0 Å². The van der Waals surface area contributed by atoms with Crippen molar-refractivity contribution in [1.82, 2.24) is 5.32 Å². The second-order valence-electron chi connectivity index (χ2n) is 2.15. The Morgan fingerprint density at radius 3 is 2.67 bits per heavy atom. The Kier molecular flexibility index (Phi) is 2.29. The first-order valence-corrected chi connectivity index (χ1v) is 3.87. The van der Waals surface area contributed by atoms with Crippen LogP contribution in [0.4, 0.5) is 0 Å². The molecule has 0 aliphatic carbocycles. The van der Waals surface area contributed by atoms with Gasteiger partial charge in [0, 0.05) is 11.8 Å². The van der Waals surface area contributed by atoms with Gasteiger partial charge < -0.3 is 5.32 Å². The molecule has 4 heteroatoms. The zero-order chi connectivity index (χ0) is 6.85. The quantitative estimate of drug-likeness (QED) is 0.434. The Labute approximate surface area is 65.2 Å². The molecule has 2 nitrogen and oxygen atoms in total. The molecular weight excluding hydrogens is 154 g/mol. The van der Waals surface area contributed by atoms with E-state index in [0.717, 1.165) is 6.42 Å². The first kappa shape index (κ1) is 7.28. The summed E-state index contributed by atoms with van der Waals surface area (Å²) in [6.45, 7) is 0.680. The molecule has 2 atom stereocenters. The van der Waals surface area contributed by atoms with E-state index in [1.807, 2.05) is 0 Å². The van der Waals surface area contributed by atoms with Crippen LogP contribution in [-0.4, -0.2) is 23.0 Å². The van der Waals surface area contributed by atoms with Crippen molar-refractivity contribution in [3.63, 3.8) is 0 Å². The minimum absolute atomic E-state index is 0.0311. The Morgan fingerprint density at radius 2 is 2.22 bits per heavy atom. The molecule has 0 aromatic heterocycles. The molecule has 0 aromatic carbocycles. The predicted octanol–water partition coefficient (Wildman–Crippen LogP) is 0.103. The van der Waals surface area contributed by atoms with Gasteiger partial charge in [0.05, 0.1) is 5.25 Å². The molecule has 1 rings (SSSR count). The van der Waals surface area contributed by atoms with Crippen LogP contribution in [0.2, 0.25) is 0 Å². The summed E-state index contributed by atoms with van der Waals surface area (Å²) in [5, 5.41) is 2.82. The molecule has 1 saturated heterocycles. The van der Waals surface area contributed by atoms with Crippen LogP contribution in [0, 0.1) is 0 Å². The van der Waals surface area contributed by atoms with E-state index in [0.29, 0.717) is 6.54 Å². The number of amides is 1. The van der Waals surface area contributed by atoms with Crippen LogP contribution in [0.1, 0.15) is 6.42 Å². The van der Waals surface area contributed by atoms with Crippen LogP contribution < -0.4 is 5.32 Å². The number of hydrogen-bond donors (Lipinski definition) is 3. The summed E-state index contributed by atoms with van der Waals surface area (Å²) in [6.07, 6.45) is 0.776. The lowest BCUT2D eigenvalue weighted by Gasteiger charge is -2.22. The minimum atomic E-state index is -0.152. The first-order valence-electron chi connectivity index (χ1n) is 2.84. The van der Waals surface area contributed by atoms with Crippen LogP contribution in [-0.2, 0) is 4.79 Å². The van der Waals surface area contributed by atoms with E-state index >= 15 is 0 Å². The number of carbonyl (C=O) groups is 1. The van der Waals surface area contributed by atoms with Gasteiger partial charge in [-0.15, -0.1) is 0 Å². The van der Waals surface area contributed by atoms with Crippen LogP contribution in [0.25, 0.3) is 0 Å². The number of piperidine rings is 1. The van der Waals surface area contributed by atoms with Gasteiger partial charge in [-0.05, 0) is 6.42 Å². The third-order valence-corrected chi connectivity index (χ3v) is 2.15. The summed E-state index contributed by atoms with van der Waals surface area (Å²) in [6, 6.07) is 0. The molecule has 1 N–H and O–H groups in total. The number of carbonyl (C=O) groups excluding carboxylic acids is 1. The second kappa shape index (κ2) is 2.84. The topological polar surface area (TPSA) is 29.1 Å². The predicted molar refractivity (Wildman–Crippen MR) is 43.2 cm³/mol. The van der Waals surface area contributed by atoms with Crippen molar-refractivity contribution in [2.75, 3.05) is 6.54 Å². The van der Waals surface area contributed by atoms with E-state index in [9.17, 15) is 4.79 Å². The van der Waals surface area contributed by atoms with Crippen molar-refractivity contribution in [3.8, 4) is 0 Å². The van der Waals surface area contributed by atoms with Gasteiger partial charge in [-0.2, -0.15) is 25.3 Å². The van der Waals surface area contributed by atoms with E-state index in [1.54, 1.807) is 0 Å². The molecule has 1 aliphatic heterocycles. The molecule has 0 radical (unpaired) electrons. The largest absolute Gasteiger partial charge is 0.354 e. The van der Waals surface area contributed by atoms with E-state index < -0.39 is 0 Å². The highest BCUT2D eigenvalue weighted by Gasteiger charge is 2.22. The molecule has 52 valence electrons. The van der Waals surface area contributed by atoms with Crippen molar-refractivity contribution < 1.29 is 4.79 Å². The third-order valence-electron chi connectivity index (χ3n) is 1.31. The van der Waals surface area contributed by atoms with E-state index in [-0.39, 0.29) is 16.4 Å². The Hall–Kier alpha value is 0.170. The molecule has 0 saturated carbocycles. The SMILES string of the molecule is O=C1NCC(S)CC1S. The standard InChI is InChI=1S/C5H9NOS2/c7-5-4(9)1-3(8)2-6-5/h3-4,8-9H,1-2H2,(H,6,7). The number of nitrogens with one attached hydrogen (secondary N) is 1. The average molecular weight is 163 g/mol. The lowest BCUT2D eigenvalue weighted by Crippen LogP contribution is -2.42. The first-order chi connectivity index (χ1) is 4.20.